The Morgan fingerprint density at radius 2 is 1.86 bits per heavy atom. The molecular weight excluding hydrogens is 193 g/mol. The molecule has 0 aromatic heterocycles. The van der Waals surface area contributed by atoms with Gasteiger partial charge in [-0.1, -0.05) is 0 Å². The molecule has 84 valence electrons. The van der Waals surface area contributed by atoms with Crippen molar-refractivity contribution in [2.45, 2.75) is 32.0 Å². The maximum absolute atomic E-state index is 11.8. The van der Waals surface area contributed by atoms with Crippen molar-refractivity contribution in [1.29, 1.82) is 0 Å². The Balaban J connectivity index is 2.11. The summed E-state index contributed by atoms with van der Waals surface area (Å²) in [4.78, 5) is 2.23. The molecule has 0 spiro atoms. The van der Waals surface area contributed by atoms with Crippen LogP contribution in [0.4, 0.5) is 13.2 Å². The fourth-order valence-corrected chi connectivity index (χ4v) is 1.73. The van der Waals surface area contributed by atoms with E-state index < -0.39 is 12.7 Å². The number of halogens is 3. The Kier molecular flexibility index (Phi) is 4.19. The van der Waals surface area contributed by atoms with Crippen molar-refractivity contribution >= 4 is 0 Å². The summed E-state index contributed by atoms with van der Waals surface area (Å²) in [6.45, 7) is 3.54. The molecule has 1 rings (SSSR count). The lowest BCUT2D eigenvalue weighted by Crippen LogP contribution is -2.41. The van der Waals surface area contributed by atoms with Crippen molar-refractivity contribution in [3.63, 3.8) is 0 Å². The van der Waals surface area contributed by atoms with E-state index in [-0.39, 0.29) is 6.04 Å². The highest BCUT2D eigenvalue weighted by atomic mass is 19.4. The van der Waals surface area contributed by atoms with Crippen molar-refractivity contribution in [1.82, 2.24) is 10.2 Å². The van der Waals surface area contributed by atoms with Crippen LogP contribution in [-0.2, 0) is 0 Å². The average Bonchev–Trinajstić information content (AvgIpc) is 2.53. The Labute approximate surface area is 82.5 Å². The van der Waals surface area contributed by atoms with Gasteiger partial charge in [-0.2, -0.15) is 13.2 Å². The topological polar surface area (TPSA) is 15.3 Å². The second-order valence-corrected chi connectivity index (χ2v) is 3.84. The molecule has 5 heteroatoms. The smallest absolute Gasteiger partial charge is 0.307 e. The van der Waals surface area contributed by atoms with Crippen molar-refractivity contribution in [3.05, 3.63) is 0 Å². The molecule has 1 aliphatic rings. The van der Waals surface area contributed by atoms with Gasteiger partial charge in [-0.15, -0.1) is 0 Å². The molecule has 0 aliphatic carbocycles. The van der Waals surface area contributed by atoms with E-state index in [1.165, 1.54) is 12.8 Å². The predicted molar refractivity (Wildman–Crippen MR) is 49.2 cm³/mol. The Bertz CT molecular complexity index is 164. The van der Waals surface area contributed by atoms with E-state index in [4.69, 9.17) is 0 Å². The lowest BCUT2D eigenvalue weighted by atomic mass is 10.3. The third-order valence-corrected chi connectivity index (χ3v) is 2.53. The van der Waals surface area contributed by atoms with E-state index in [9.17, 15) is 13.2 Å². The van der Waals surface area contributed by atoms with Crippen molar-refractivity contribution in [2.24, 2.45) is 0 Å². The zero-order chi connectivity index (χ0) is 10.6. The van der Waals surface area contributed by atoms with Crippen LogP contribution in [0, 0.1) is 0 Å². The Morgan fingerprint density at radius 1 is 1.29 bits per heavy atom. The summed E-state index contributed by atoms with van der Waals surface area (Å²) < 4.78 is 35.4. The minimum absolute atomic E-state index is 0.208. The molecule has 1 N–H and O–H groups in total. The number of hydrogen-bond acceptors (Lipinski definition) is 2. The summed E-state index contributed by atoms with van der Waals surface area (Å²) in [5.74, 6) is 0. The molecule has 1 heterocycles. The summed E-state index contributed by atoms with van der Waals surface area (Å²) >= 11 is 0. The lowest BCUT2D eigenvalue weighted by molar-refractivity contribution is -0.125. The van der Waals surface area contributed by atoms with Gasteiger partial charge in [-0.3, -0.25) is 4.90 Å². The second-order valence-electron chi connectivity index (χ2n) is 3.84. The van der Waals surface area contributed by atoms with Crippen LogP contribution in [0.5, 0.6) is 0 Å². The molecule has 1 fully saturated rings. The normalized spacial score (nSPS) is 21.4. The first kappa shape index (κ1) is 11.8. The maximum Gasteiger partial charge on any atom is 0.401 e. The van der Waals surface area contributed by atoms with Gasteiger partial charge in [-0.25, -0.2) is 0 Å². The predicted octanol–water partition coefficient (Wildman–Crippen LogP) is 1.62. The quantitative estimate of drug-likeness (QED) is 0.758. The highest BCUT2D eigenvalue weighted by Crippen LogP contribution is 2.13. The number of hydrogen-bond donors (Lipinski definition) is 1. The number of nitrogens with zero attached hydrogens (tertiary/aromatic N) is 1. The third-order valence-electron chi connectivity index (χ3n) is 2.53. The molecule has 1 unspecified atom stereocenters. The zero-order valence-corrected chi connectivity index (χ0v) is 8.40. The average molecular weight is 210 g/mol. The molecule has 0 amide bonds. The molecule has 14 heavy (non-hydrogen) atoms. The van der Waals surface area contributed by atoms with E-state index in [1.54, 1.807) is 0 Å². The number of likely N-dealkylation sites (tertiary alicyclic amines) is 1. The van der Waals surface area contributed by atoms with Crippen molar-refractivity contribution < 1.29 is 13.2 Å². The molecule has 0 radical (unpaired) electrons. The third kappa shape index (κ3) is 4.28. The molecular formula is C9H17F3N2. The Morgan fingerprint density at radius 3 is 2.36 bits per heavy atom. The number of nitrogens with one attached hydrogen (secondary N) is 1. The summed E-state index contributed by atoms with van der Waals surface area (Å²) in [5, 5.41) is 2.44. The fourth-order valence-electron chi connectivity index (χ4n) is 1.73. The van der Waals surface area contributed by atoms with Crippen LogP contribution >= 0.6 is 0 Å². The monoisotopic (exact) mass is 210 g/mol. The SMILES string of the molecule is CC(CNCC(F)(F)F)N1CCCC1. The molecule has 1 atom stereocenters. The van der Waals surface area contributed by atoms with Crippen LogP contribution in [0.1, 0.15) is 19.8 Å². The van der Waals surface area contributed by atoms with Gasteiger partial charge in [-0.05, 0) is 32.9 Å². The second kappa shape index (κ2) is 4.98. The standard InChI is InChI=1S/C9H17F3N2/c1-8(14-4-2-3-5-14)6-13-7-9(10,11)12/h8,13H,2-7H2,1H3. The minimum Gasteiger partial charge on any atom is -0.307 e. The summed E-state index contributed by atoms with van der Waals surface area (Å²) in [5.41, 5.74) is 0. The number of alkyl halides is 3. The van der Waals surface area contributed by atoms with Gasteiger partial charge in [0.15, 0.2) is 0 Å². The van der Waals surface area contributed by atoms with Crippen LogP contribution in [0.15, 0.2) is 0 Å². The highest BCUT2D eigenvalue weighted by molar-refractivity contribution is 4.74. The Hall–Kier alpha value is -0.290. The molecule has 2 nitrogen and oxygen atoms in total. The fraction of sp³-hybridized carbons (Fsp3) is 1.00. The van der Waals surface area contributed by atoms with Gasteiger partial charge in [0.05, 0.1) is 6.54 Å². The van der Waals surface area contributed by atoms with Crippen LogP contribution in [-0.4, -0.2) is 43.3 Å². The van der Waals surface area contributed by atoms with Crippen LogP contribution < -0.4 is 5.32 Å². The molecule has 1 saturated heterocycles. The minimum atomic E-state index is -4.09. The molecule has 0 bridgehead atoms. The van der Waals surface area contributed by atoms with Crippen LogP contribution in [0.2, 0.25) is 0 Å². The largest absolute Gasteiger partial charge is 0.401 e. The summed E-state index contributed by atoms with van der Waals surface area (Å²) in [7, 11) is 0. The first-order chi connectivity index (χ1) is 6.49. The van der Waals surface area contributed by atoms with Crippen molar-refractivity contribution in [2.75, 3.05) is 26.2 Å². The van der Waals surface area contributed by atoms with Gasteiger partial charge >= 0.3 is 6.18 Å². The molecule has 0 saturated carbocycles. The highest BCUT2D eigenvalue weighted by Gasteiger charge is 2.27. The van der Waals surface area contributed by atoms with Crippen LogP contribution in [0.25, 0.3) is 0 Å². The van der Waals surface area contributed by atoms with Gasteiger partial charge in [0.1, 0.15) is 0 Å². The van der Waals surface area contributed by atoms with E-state index in [2.05, 4.69) is 10.2 Å². The first-order valence-corrected chi connectivity index (χ1v) is 5.00. The van der Waals surface area contributed by atoms with Gasteiger partial charge in [0.25, 0.3) is 0 Å². The maximum atomic E-state index is 11.8. The molecule has 0 aromatic carbocycles. The summed E-state index contributed by atoms with van der Waals surface area (Å²) in [6.07, 6.45) is -1.75. The van der Waals surface area contributed by atoms with Crippen LogP contribution in [0.3, 0.4) is 0 Å². The van der Waals surface area contributed by atoms with E-state index >= 15 is 0 Å². The van der Waals surface area contributed by atoms with E-state index in [0.29, 0.717) is 6.54 Å². The van der Waals surface area contributed by atoms with Gasteiger partial charge in [0.2, 0.25) is 0 Å². The van der Waals surface area contributed by atoms with Gasteiger partial charge in [0, 0.05) is 12.6 Å². The summed E-state index contributed by atoms with van der Waals surface area (Å²) in [6, 6.07) is 0.208. The molecule has 1 aliphatic heterocycles. The van der Waals surface area contributed by atoms with Crippen molar-refractivity contribution in [3.8, 4) is 0 Å². The van der Waals surface area contributed by atoms with Gasteiger partial charge < -0.3 is 5.32 Å². The number of rotatable bonds is 4. The zero-order valence-electron chi connectivity index (χ0n) is 8.40. The first-order valence-electron chi connectivity index (χ1n) is 5.00. The lowest BCUT2D eigenvalue weighted by Gasteiger charge is -2.24. The van der Waals surface area contributed by atoms with E-state index in [0.717, 1.165) is 13.1 Å². The molecule has 0 aromatic rings. The van der Waals surface area contributed by atoms with E-state index in [1.807, 2.05) is 6.92 Å².